The van der Waals surface area contributed by atoms with Crippen LogP contribution in [0.1, 0.15) is 21.7 Å². The molecule has 4 aromatic rings. The van der Waals surface area contributed by atoms with Gasteiger partial charge in [-0.3, -0.25) is 4.79 Å². The van der Waals surface area contributed by atoms with Crippen LogP contribution in [-0.4, -0.2) is 31.0 Å². The van der Waals surface area contributed by atoms with E-state index >= 15 is 0 Å². The number of hydrogen-bond acceptors (Lipinski definition) is 6. The SMILES string of the molecule is O=C(NCc1cn(Cc2cccc(O)c2)nn1)c1coc(-c2ccccc2)n1. The molecule has 28 heavy (non-hydrogen) atoms. The number of carbonyl (C=O) groups excluding carboxylic acids is 1. The summed E-state index contributed by atoms with van der Waals surface area (Å²) in [5.74, 6) is 0.240. The monoisotopic (exact) mass is 375 g/mol. The highest BCUT2D eigenvalue weighted by molar-refractivity contribution is 5.92. The maximum atomic E-state index is 12.3. The summed E-state index contributed by atoms with van der Waals surface area (Å²) in [5, 5.41) is 20.3. The van der Waals surface area contributed by atoms with Crippen LogP contribution in [0, 0.1) is 0 Å². The Balaban J connectivity index is 1.35. The molecule has 0 radical (unpaired) electrons. The maximum Gasteiger partial charge on any atom is 0.273 e. The summed E-state index contributed by atoms with van der Waals surface area (Å²) in [6.07, 6.45) is 3.07. The predicted molar refractivity (Wildman–Crippen MR) is 100 cm³/mol. The molecule has 0 saturated heterocycles. The molecular weight excluding hydrogens is 358 g/mol. The van der Waals surface area contributed by atoms with Crippen molar-refractivity contribution in [2.24, 2.45) is 0 Å². The number of hydrogen-bond donors (Lipinski definition) is 2. The summed E-state index contributed by atoms with van der Waals surface area (Å²) in [7, 11) is 0. The minimum Gasteiger partial charge on any atom is -0.508 e. The molecular formula is C20H17N5O3. The normalized spacial score (nSPS) is 10.7. The van der Waals surface area contributed by atoms with Gasteiger partial charge < -0.3 is 14.8 Å². The Labute approximate surface area is 160 Å². The molecule has 2 N–H and O–H groups in total. The van der Waals surface area contributed by atoms with Crippen molar-refractivity contribution in [3.8, 4) is 17.2 Å². The van der Waals surface area contributed by atoms with Crippen LogP contribution in [0.15, 0.2) is 71.5 Å². The molecule has 1 amide bonds. The van der Waals surface area contributed by atoms with Gasteiger partial charge >= 0.3 is 0 Å². The van der Waals surface area contributed by atoms with Crippen molar-refractivity contribution >= 4 is 5.91 Å². The van der Waals surface area contributed by atoms with Crippen LogP contribution in [0.3, 0.4) is 0 Å². The van der Waals surface area contributed by atoms with E-state index in [0.29, 0.717) is 18.1 Å². The molecule has 0 aliphatic rings. The molecule has 140 valence electrons. The number of nitrogens with zero attached hydrogens (tertiary/aromatic N) is 4. The Kier molecular flexibility index (Phi) is 4.83. The van der Waals surface area contributed by atoms with Gasteiger partial charge in [0.15, 0.2) is 5.69 Å². The van der Waals surface area contributed by atoms with Gasteiger partial charge in [-0.15, -0.1) is 5.10 Å². The van der Waals surface area contributed by atoms with Crippen molar-refractivity contribution in [2.45, 2.75) is 13.1 Å². The second-order valence-corrected chi connectivity index (χ2v) is 6.16. The molecule has 4 rings (SSSR count). The Hall–Kier alpha value is -3.94. The van der Waals surface area contributed by atoms with E-state index in [-0.39, 0.29) is 23.9 Å². The van der Waals surface area contributed by atoms with Crippen LogP contribution >= 0.6 is 0 Å². The molecule has 0 aliphatic carbocycles. The van der Waals surface area contributed by atoms with Gasteiger partial charge in [0.25, 0.3) is 5.91 Å². The van der Waals surface area contributed by atoms with Gasteiger partial charge in [0.1, 0.15) is 17.7 Å². The summed E-state index contributed by atoms with van der Waals surface area (Å²) >= 11 is 0. The van der Waals surface area contributed by atoms with E-state index in [1.54, 1.807) is 29.1 Å². The predicted octanol–water partition coefficient (Wildman–Crippen LogP) is 2.62. The zero-order chi connectivity index (χ0) is 19.3. The van der Waals surface area contributed by atoms with Crippen molar-refractivity contribution in [3.05, 3.63) is 84.0 Å². The third-order valence-electron chi connectivity index (χ3n) is 4.03. The summed E-state index contributed by atoms with van der Waals surface area (Å²) in [6.45, 7) is 0.686. The third-order valence-corrected chi connectivity index (χ3v) is 4.03. The van der Waals surface area contributed by atoms with Crippen LogP contribution < -0.4 is 5.32 Å². The number of benzene rings is 2. The van der Waals surface area contributed by atoms with E-state index in [1.807, 2.05) is 36.4 Å². The second-order valence-electron chi connectivity index (χ2n) is 6.16. The maximum absolute atomic E-state index is 12.3. The Morgan fingerprint density at radius 1 is 1.14 bits per heavy atom. The fourth-order valence-corrected chi connectivity index (χ4v) is 2.69. The number of aromatic hydroxyl groups is 1. The van der Waals surface area contributed by atoms with E-state index in [9.17, 15) is 9.90 Å². The van der Waals surface area contributed by atoms with E-state index < -0.39 is 0 Å². The molecule has 2 heterocycles. The Morgan fingerprint density at radius 2 is 2.00 bits per heavy atom. The summed E-state index contributed by atoms with van der Waals surface area (Å²) in [5.41, 5.74) is 2.51. The molecule has 2 aromatic carbocycles. The van der Waals surface area contributed by atoms with Gasteiger partial charge in [-0.05, 0) is 29.8 Å². The van der Waals surface area contributed by atoms with Crippen molar-refractivity contribution in [1.29, 1.82) is 0 Å². The standard InChI is InChI=1S/C20H17N5O3/c26-17-8-4-5-14(9-17)11-25-12-16(23-24-25)10-21-19(27)18-13-28-20(22-18)15-6-2-1-3-7-15/h1-9,12-13,26H,10-11H2,(H,21,27). The van der Waals surface area contributed by atoms with E-state index in [2.05, 4.69) is 20.6 Å². The van der Waals surface area contributed by atoms with Crippen molar-refractivity contribution in [3.63, 3.8) is 0 Å². The number of phenolic OH excluding ortho intramolecular Hbond substituents is 1. The van der Waals surface area contributed by atoms with Crippen LogP contribution in [0.5, 0.6) is 5.75 Å². The van der Waals surface area contributed by atoms with Crippen LogP contribution in [0.4, 0.5) is 0 Å². The third kappa shape index (κ3) is 4.07. The number of phenols is 1. The lowest BCUT2D eigenvalue weighted by Crippen LogP contribution is -2.23. The smallest absolute Gasteiger partial charge is 0.273 e. The minimum atomic E-state index is -0.353. The van der Waals surface area contributed by atoms with Crippen LogP contribution in [-0.2, 0) is 13.1 Å². The number of nitrogens with one attached hydrogen (secondary N) is 1. The zero-order valence-electron chi connectivity index (χ0n) is 14.8. The van der Waals surface area contributed by atoms with Crippen molar-refractivity contribution < 1.29 is 14.3 Å². The first-order valence-electron chi connectivity index (χ1n) is 8.63. The summed E-state index contributed by atoms with van der Waals surface area (Å²) in [4.78, 5) is 16.5. The van der Waals surface area contributed by atoms with Gasteiger partial charge in [-0.25, -0.2) is 9.67 Å². The topological polar surface area (TPSA) is 106 Å². The molecule has 0 saturated carbocycles. The number of aromatic nitrogens is 4. The largest absolute Gasteiger partial charge is 0.508 e. The van der Waals surface area contributed by atoms with Gasteiger partial charge in [0.05, 0.1) is 19.3 Å². The van der Waals surface area contributed by atoms with Gasteiger partial charge in [-0.1, -0.05) is 35.5 Å². The van der Waals surface area contributed by atoms with E-state index in [0.717, 1.165) is 11.1 Å². The highest BCUT2D eigenvalue weighted by atomic mass is 16.3. The van der Waals surface area contributed by atoms with Crippen molar-refractivity contribution in [1.82, 2.24) is 25.3 Å². The number of oxazole rings is 1. The van der Waals surface area contributed by atoms with E-state index in [1.165, 1.54) is 6.26 Å². The van der Waals surface area contributed by atoms with Crippen molar-refractivity contribution in [2.75, 3.05) is 0 Å². The molecule has 0 unspecified atom stereocenters. The lowest BCUT2D eigenvalue weighted by molar-refractivity contribution is 0.0945. The molecule has 8 heteroatoms. The molecule has 0 atom stereocenters. The van der Waals surface area contributed by atoms with Crippen LogP contribution in [0.25, 0.3) is 11.5 Å². The van der Waals surface area contributed by atoms with Gasteiger partial charge in [-0.2, -0.15) is 0 Å². The Morgan fingerprint density at radius 3 is 2.82 bits per heavy atom. The number of amides is 1. The average molecular weight is 375 g/mol. The molecule has 2 aromatic heterocycles. The van der Waals surface area contributed by atoms with Crippen LogP contribution in [0.2, 0.25) is 0 Å². The van der Waals surface area contributed by atoms with Gasteiger partial charge in [0, 0.05) is 5.56 Å². The highest BCUT2D eigenvalue weighted by Gasteiger charge is 2.13. The molecule has 0 bridgehead atoms. The molecule has 0 aliphatic heterocycles. The number of rotatable bonds is 6. The first kappa shape index (κ1) is 17.5. The molecule has 0 fully saturated rings. The summed E-state index contributed by atoms with van der Waals surface area (Å²) in [6, 6.07) is 16.3. The Bertz CT molecular complexity index is 1090. The second kappa shape index (κ2) is 7.75. The van der Waals surface area contributed by atoms with Gasteiger partial charge in [0.2, 0.25) is 5.89 Å². The summed E-state index contributed by atoms with van der Waals surface area (Å²) < 4.78 is 7.02. The average Bonchev–Trinajstić information content (AvgIpc) is 3.37. The first-order chi connectivity index (χ1) is 13.7. The zero-order valence-corrected chi connectivity index (χ0v) is 14.8. The fourth-order valence-electron chi connectivity index (χ4n) is 2.69. The first-order valence-corrected chi connectivity index (χ1v) is 8.63. The molecule has 8 nitrogen and oxygen atoms in total. The molecule has 0 spiro atoms. The quantitative estimate of drug-likeness (QED) is 0.537. The lowest BCUT2D eigenvalue weighted by Gasteiger charge is -2.01. The van der Waals surface area contributed by atoms with E-state index in [4.69, 9.17) is 4.42 Å². The highest BCUT2D eigenvalue weighted by Crippen LogP contribution is 2.18. The fraction of sp³-hybridized carbons (Fsp3) is 0.100. The lowest BCUT2D eigenvalue weighted by atomic mass is 10.2. The number of carbonyl (C=O) groups is 1. The minimum absolute atomic E-state index is 0.200.